The lowest BCUT2D eigenvalue weighted by Crippen LogP contribution is -2.41. The Morgan fingerprint density at radius 2 is 1.83 bits per heavy atom. The van der Waals surface area contributed by atoms with Crippen LogP contribution in [0, 0.1) is 0 Å². The van der Waals surface area contributed by atoms with Gasteiger partial charge in [0, 0.05) is 12.7 Å². The van der Waals surface area contributed by atoms with Gasteiger partial charge in [-0.15, -0.1) is 0 Å². The fourth-order valence-electron chi connectivity index (χ4n) is 3.31. The average molecular weight is 405 g/mol. The van der Waals surface area contributed by atoms with Gasteiger partial charge in [0.2, 0.25) is 5.76 Å². The normalized spacial score (nSPS) is 11.0. The Balaban J connectivity index is 1.76. The summed E-state index contributed by atoms with van der Waals surface area (Å²) >= 11 is 0. The summed E-state index contributed by atoms with van der Waals surface area (Å²) in [4.78, 5) is 41.9. The van der Waals surface area contributed by atoms with Gasteiger partial charge in [0.15, 0.2) is 5.52 Å². The molecule has 0 aliphatic heterocycles. The molecular formula is C22H19N3O5. The number of furan rings is 1. The number of aryl methyl sites for hydroxylation is 1. The third-order valence-electron chi connectivity index (χ3n) is 4.82. The van der Waals surface area contributed by atoms with Gasteiger partial charge in [-0.05, 0) is 36.2 Å². The molecule has 0 atom stereocenters. The maximum atomic E-state index is 13.2. The van der Waals surface area contributed by atoms with E-state index in [9.17, 15) is 14.4 Å². The van der Waals surface area contributed by atoms with E-state index in [0.29, 0.717) is 17.7 Å². The van der Waals surface area contributed by atoms with Crippen molar-refractivity contribution in [1.29, 1.82) is 0 Å². The van der Waals surface area contributed by atoms with Crippen LogP contribution in [0.2, 0.25) is 0 Å². The van der Waals surface area contributed by atoms with Crippen LogP contribution >= 0.6 is 0 Å². The molecule has 0 fully saturated rings. The van der Waals surface area contributed by atoms with Crippen LogP contribution in [-0.4, -0.2) is 27.2 Å². The van der Waals surface area contributed by atoms with Crippen LogP contribution in [-0.2, 0) is 24.2 Å². The summed E-state index contributed by atoms with van der Waals surface area (Å²) in [5.74, 6) is -0.177. The maximum Gasteiger partial charge on any atom is 0.373 e. The zero-order chi connectivity index (χ0) is 21.1. The van der Waals surface area contributed by atoms with Gasteiger partial charge in [-0.3, -0.25) is 13.9 Å². The molecule has 4 aromatic rings. The second-order valence-electron chi connectivity index (χ2n) is 6.69. The van der Waals surface area contributed by atoms with E-state index in [-0.39, 0.29) is 24.4 Å². The number of hydrogen-bond donors (Lipinski definition) is 0. The number of aromatic nitrogens is 3. The highest BCUT2D eigenvalue weighted by Crippen LogP contribution is 2.13. The average Bonchev–Trinajstić information content (AvgIpc) is 3.25. The van der Waals surface area contributed by atoms with Crippen molar-refractivity contribution in [2.45, 2.75) is 19.5 Å². The van der Waals surface area contributed by atoms with Crippen molar-refractivity contribution in [3.63, 3.8) is 0 Å². The van der Waals surface area contributed by atoms with Crippen molar-refractivity contribution in [2.75, 3.05) is 7.11 Å². The Morgan fingerprint density at radius 3 is 2.60 bits per heavy atom. The minimum atomic E-state index is -0.604. The van der Waals surface area contributed by atoms with Gasteiger partial charge in [-0.1, -0.05) is 30.3 Å². The molecule has 0 amide bonds. The van der Waals surface area contributed by atoms with Gasteiger partial charge in [-0.25, -0.2) is 14.6 Å². The molecule has 30 heavy (non-hydrogen) atoms. The fraction of sp³-hybridized carbons (Fsp3) is 0.182. The summed E-state index contributed by atoms with van der Waals surface area (Å²) in [5, 5.41) is 0. The SMILES string of the molecule is COC(=O)c1ccc(Cn2c(=O)n(CCc3ccccc3)c(=O)c3ncccc32)o1. The van der Waals surface area contributed by atoms with Crippen molar-refractivity contribution >= 4 is 17.0 Å². The van der Waals surface area contributed by atoms with E-state index in [2.05, 4.69) is 9.72 Å². The Labute approximate surface area is 171 Å². The van der Waals surface area contributed by atoms with Crippen molar-refractivity contribution in [1.82, 2.24) is 14.1 Å². The van der Waals surface area contributed by atoms with Gasteiger partial charge >= 0.3 is 11.7 Å². The molecule has 0 bridgehead atoms. The molecule has 0 N–H and O–H groups in total. The third kappa shape index (κ3) is 3.67. The van der Waals surface area contributed by atoms with Crippen LogP contribution in [0.3, 0.4) is 0 Å². The number of benzene rings is 1. The summed E-state index contributed by atoms with van der Waals surface area (Å²) in [6.07, 6.45) is 2.05. The molecule has 152 valence electrons. The van der Waals surface area contributed by atoms with E-state index in [1.807, 2.05) is 30.3 Å². The second-order valence-corrected chi connectivity index (χ2v) is 6.69. The molecule has 8 nitrogen and oxygen atoms in total. The lowest BCUT2D eigenvalue weighted by Gasteiger charge is -2.13. The topological polar surface area (TPSA) is 96.3 Å². The Bertz CT molecular complexity index is 1320. The first-order valence-corrected chi connectivity index (χ1v) is 9.38. The minimum absolute atomic E-state index is 0.0420. The van der Waals surface area contributed by atoms with E-state index < -0.39 is 17.2 Å². The number of nitrogens with zero attached hydrogens (tertiary/aromatic N) is 3. The number of fused-ring (bicyclic) bond motifs is 1. The highest BCUT2D eigenvalue weighted by atomic mass is 16.5. The smallest absolute Gasteiger partial charge is 0.373 e. The molecule has 0 aliphatic rings. The van der Waals surface area contributed by atoms with Crippen LogP contribution < -0.4 is 11.2 Å². The van der Waals surface area contributed by atoms with Gasteiger partial charge in [0.05, 0.1) is 19.2 Å². The first-order valence-electron chi connectivity index (χ1n) is 9.38. The molecule has 4 rings (SSSR count). The quantitative estimate of drug-likeness (QED) is 0.457. The standard InChI is InChI=1S/C22H19N3O5/c1-29-21(27)18-10-9-16(30-18)14-25-17-8-5-12-23-19(17)20(26)24(22(25)28)13-11-15-6-3-2-4-7-15/h2-10,12H,11,13-14H2,1H3. The van der Waals surface area contributed by atoms with Gasteiger partial charge < -0.3 is 9.15 Å². The lowest BCUT2D eigenvalue weighted by molar-refractivity contribution is 0.0563. The number of esters is 1. The summed E-state index contributed by atoms with van der Waals surface area (Å²) in [7, 11) is 1.26. The second kappa shape index (κ2) is 8.20. The number of pyridine rings is 1. The zero-order valence-corrected chi connectivity index (χ0v) is 16.3. The van der Waals surface area contributed by atoms with Gasteiger partial charge in [0.1, 0.15) is 5.76 Å². The van der Waals surface area contributed by atoms with Crippen LogP contribution in [0.25, 0.3) is 11.0 Å². The molecular weight excluding hydrogens is 386 g/mol. The number of hydrogen-bond acceptors (Lipinski definition) is 6. The first-order chi connectivity index (χ1) is 14.6. The maximum absolute atomic E-state index is 13.2. The monoisotopic (exact) mass is 405 g/mol. The molecule has 0 saturated carbocycles. The van der Waals surface area contributed by atoms with E-state index in [1.54, 1.807) is 18.2 Å². The van der Waals surface area contributed by atoms with E-state index in [0.717, 1.165) is 5.56 Å². The predicted octanol–water partition coefficient (Wildman–Crippen LogP) is 2.23. The number of carbonyl (C=O) groups excluding carboxylic acids is 1. The Kier molecular flexibility index (Phi) is 5.30. The highest BCUT2D eigenvalue weighted by Gasteiger charge is 2.17. The molecule has 0 aliphatic carbocycles. The summed E-state index contributed by atoms with van der Waals surface area (Å²) in [6, 6.07) is 16.0. The minimum Gasteiger partial charge on any atom is -0.463 e. The van der Waals surface area contributed by atoms with Crippen molar-refractivity contribution in [2.24, 2.45) is 0 Å². The molecule has 3 aromatic heterocycles. The summed E-state index contributed by atoms with van der Waals surface area (Å²) in [6.45, 7) is 0.267. The third-order valence-corrected chi connectivity index (χ3v) is 4.82. The number of rotatable bonds is 6. The van der Waals surface area contributed by atoms with E-state index in [1.165, 1.54) is 28.5 Å². The van der Waals surface area contributed by atoms with Crippen molar-refractivity contribution in [3.8, 4) is 0 Å². The molecule has 0 spiro atoms. The predicted molar refractivity (Wildman–Crippen MR) is 110 cm³/mol. The van der Waals surface area contributed by atoms with Crippen molar-refractivity contribution < 1.29 is 13.9 Å². The van der Waals surface area contributed by atoms with Crippen molar-refractivity contribution in [3.05, 3.63) is 98.7 Å². The fourth-order valence-corrected chi connectivity index (χ4v) is 3.31. The van der Waals surface area contributed by atoms with Gasteiger partial charge in [0.25, 0.3) is 5.56 Å². The molecule has 8 heteroatoms. The number of carbonyl (C=O) groups is 1. The van der Waals surface area contributed by atoms with E-state index >= 15 is 0 Å². The Morgan fingerprint density at radius 1 is 1.03 bits per heavy atom. The van der Waals surface area contributed by atoms with Crippen LogP contribution in [0.15, 0.2) is 74.8 Å². The van der Waals surface area contributed by atoms with E-state index in [4.69, 9.17) is 4.42 Å². The van der Waals surface area contributed by atoms with Gasteiger partial charge in [-0.2, -0.15) is 0 Å². The number of ether oxygens (including phenoxy) is 1. The highest BCUT2D eigenvalue weighted by molar-refractivity contribution is 5.86. The largest absolute Gasteiger partial charge is 0.463 e. The number of methoxy groups -OCH3 is 1. The summed E-state index contributed by atoms with van der Waals surface area (Å²) in [5.41, 5.74) is 0.722. The molecule has 0 radical (unpaired) electrons. The molecule has 0 saturated heterocycles. The molecule has 1 aromatic carbocycles. The van der Waals surface area contributed by atoms with Crippen LogP contribution in [0.5, 0.6) is 0 Å². The Hall–Kier alpha value is -3.94. The first kappa shape index (κ1) is 19.4. The van der Waals surface area contributed by atoms with Crippen LogP contribution in [0.1, 0.15) is 21.9 Å². The summed E-state index contributed by atoms with van der Waals surface area (Å²) < 4.78 is 12.8. The van der Waals surface area contributed by atoms with Crippen LogP contribution in [0.4, 0.5) is 0 Å². The molecule has 0 unspecified atom stereocenters. The molecule has 3 heterocycles. The zero-order valence-electron chi connectivity index (χ0n) is 16.3. The lowest BCUT2D eigenvalue weighted by atomic mass is 10.1.